The van der Waals surface area contributed by atoms with Gasteiger partial charge >= 0.3 is 0 Å². The summed E-state index contributed by atoms with van der Waals surface area (Å²) >= 11 is 6.12. The first-order chi connectivity index (χ1) is 18.9. The second-order valence-corrected chi connectivity index (χ2v) is 10.5. The van der Waals surface area contributed by atoms with Crippen molar-refractivity contribution in [3.63, 3.8) is 0 Å². The quantitative estimate of drug-likeness (QED) is 0.231. The van der Waals surface area contributed by atoms with Crippen LogP contribution in [0.1, 0.15) is 48.1 Å². The van der Waals surface area contributed by atoms with Gasteiger partial charge in [0.1, 0.15) is 17.3 Å². The van der Waals surface area contributed by atoms with Crippen LogP contribution in [0.2, 0.25) is 5.02 Å². The minimum Gasteiger partial charge on any atom is -0.352 e. The molecule has 5 nitrogen and oxygen atoms in total. The number of aromatic nitrogens is 1. The van der Waals surface area contributed by atoms with Crippen molar-refractivity contribution in [1.29, 1.82) is 0 Å². The van der Waals surface area contributed by atoms with E-state index in [1.807, 2.05) is 4.90 Å². The normalized spacial score (nSPS) is 22.1. The number of pyridine rings is 1. The minimum atomic E-state index is -1.62. The topological polar surface area (TPSA) is 67.3 Å². The largest absolute Gasteiger partial charge is 0.352 e. The van der Waals surface area contributed by atoms with Crippen LogP contribution in [0.15, 0.2) is 97.3 Å². The van der Waals surface area contributed by atoms with Crippen molar-refractivity contribution in [2.75, 3.05) is 4.90 Å². The molecule has 7 heteroatoms. The third-order valence-electron chi connectivity index (χ3n) is 8.21. The van der Waals surface area contributed by atoms with Crippen molar-refractivity contribution in [3.8, 4) is 0 Å². The second-order valence-electron chi connectivity index (χ2n) is 10.1. The summed E-state index contributed by atoms with van der Waals surface area (Å²) < 4.78 is 14.3. The minimum absolute atomic E-state index is 0.274. The maximum atomic E-state index is 14.5. The summed E-state index contributed by atoms with van der Waals surface area (Å²) in [5.74, 6) is -2.21. The highest BCUT2D eigenvalue weighted by Crippen LogP contribution is 2.60. The molecule has 1 aliphatic carbocycles. The van der Waals surface area contributed by atoms with E-state index in [9.17, 15) is 18.8 Å². The summed E-state index contributed by atoms with van der Waals surface area (Å²) in [6.45, 7) is 0. The standard InChI is InChI=1S/C32H20ClFN2O3/c33-21-10-7-18(8-11-21)29(37)28-27(20-4-3-15-35-17-20)32(30(38)23-5-1-2-6-24(23)31(32)39)26-14-9-19-16-22(34)12-13-25(19)36(26)28/h1-17,26-28H/t26-,27+,28+/m1/s1. The molecule has 1 aromatic heterocycles. The van der Waals surface area contributed by atoms with Gasteiger partial charge < -0.3 is 4.90 Å². The van der Waals surface area contributed by atoms with Crippen LogP contribution in [0.5, 0.6) is 0 Å². The number of Topliss-reactive ketones (excluding diaryl/α,β-unsaturated/α-hetero) is 3. The van der Waals surface area contributed by atoms with Crippen LogP contribution < -0.4 is 4.90 Å². The highest BCUT2D eigenvalue weighted by Gasteiger charge is 2.71. The number of hydrogen-bond acceptors (Lipinski definition) is 5. The van der Waals surface area contributed by atoms with Gasteiger partial charge in [0.25, 0.3) is 0 Å². The van der Waals surface area contributed by atoms with Crippen molar-refractivity contribution in [2.45, 2.75) is 18.0 Å². The monoisotopic (exact) mass is 534 g/mol. The number of halogens is 2. The highest BCUT2D eigenvalue weighted by molar-refractivity contribution is 6.32. The van der Waals surface area contributed by atoms with Crippen molar-refractivity contribution in [1.82, 2.24) is 4.98 Å². The molecular weight excluding hydrogens is 515 g/mol. The number of anilines is 1. The van der Waals surface area contributed by atoms with E-state index in [0.717, 1.165) is 0 Å². The molecule has 1 saturated heterocycles. The van der Waals surface area contributed by atoms with Gasteiger partial charge in [0.05, 0.1) is 6.04 Å². The van der Waals surface area contributed by atoms with Crippen molar-refractivity contribution < 1.29 is 18.8 Å². The molecule has 190 valence electrons. The molecule has 0 unspecified atom stereocenters. The van der Waals surface area contributed by atoms with E-state index in [4.69, 9.17) is 11.6 Å². The summed E-state index contributed by atoms with van der Waals surface area (Å²) in [4.78, 5) is 49.6. The molecule has 1 fully saturated rings. The Morgan fingerprint density at radius 3 is 2.31 bits per heavy atom. The molecule has 1 spiro atoms. The maximum Gasteiger partial charge on any atom is 0.185 e. The van der Waals surface area contributed by atoms with Crippen LogP contribution in [0.25, 0.3) is 6.08 Å². The molecule has 3 atom stereocenters. The number of nitrogens with zero attached hydrogens (tertiary/aromatic N) is 2. The van der Waals surface area contributed by atoms with Gasteiger partial charge in [-0.25, -0.2) is 4.39 Å². The van der Waals surface area contributed by atoms with Crippen LogP contribution in [0, 0.1) is 11.2 Å². The molecule has 4 aromatic rings. The Hall–Kier alpha value is -4.42. The molecule has 3 aliphatic rings. The third-order valence-corrected chi connectivity index (χ3v) is 8.46. The van der Waals surface area contributed by atoms with Gasteiger partial charge in [0.2, 0.25) is 0 Å². The number of ketones is 3. The predicted octanol–water partition coefficient (Wildman–Crippen LogP) is 6.19. The first-order valence-corrected chi connectivity index (χ1v) is 12.9. The van der Waals surface area contributed by atoms with Gasteiger partial charge in [-0.15, -0.1) is 0 Å². The zero-order chi connectivity index (χ0) is 26.9. The van der Waals surface area contributed by atoms with Gasteiger partial charge in [0, 0.05) is 51.3 Å². The van der Waals surface area contributed by atoms with Gasteiger partial charge in [-0.1, -0.05) is 54.1 Å². The summed E-state index contributed by atoms with van der Waals surface area (Å²) in [7, 11) is 0. The smallest absolute Gasteiger partial charge is 0.185 e. The fraction of sp³-hybridized carbons (Fsp3) is 0.125. The summed E-state index contributed by atoms with van der Waals surface area (Å²) in [5.41, 5.74) is 1.20. The van der Waals surface area contributed by atoms with Gasteiger partial charge in [-0.05, 0) is 54.1 Å². The van der Waals surface area contributed by atoms with Crippen LogP contribution in [-0.2, 0) is 0 Å². The Morgan fingerprint density at radius 2 is 1.64 bits per heavy atom. The number of benzene rings is 3. The lowest BCUT2D eigenvalue weighted by Gasteiger charge is -2.37. The SMILES string of the molecule is O=C(c1ccc(Cl)cc1)[C@@H]1[C@H](c2cccnc2)C2(C(=O)c3ccccc3C2=O)[C@H]2C=Cc3cc(F)ccc3N12. The van der Waals surface area contributed by atoms with Gasteiger partial charge in [-0.3, -0.25) is 19.4 Å². The molecule has 7 rings (SSSR count). The summed E-state index contributed by atoms with van der Waals surface area (Å²) in [6, 6.07) is 19.5. The lowest BCUT2D eigenvalue weighted by Crippen LogP contribution is -2.48. The number of carbonyl (C=O) groups excluding carboxylic acids is 3. The van der Waals surface area contributed by atoms with Gasteiger partial charge in [-0.2, -0.15) is 0 Å². The lowest BCUT2D eigenvalue weighted by atomic mass is 9.64. The third kappa shape index (κ3) is 3.18. The Kier molecular flexibility index (Phi) is 5.19. The molecule has 0 amide bonds. The molecule has 0 radical (unpaired) electrons. The maximum absolute atomic E-state index is 14.5. The van der Waals surface area contributed by atoms with Gasteiger partial charge in [0.15, 0.2) is 17.3 Å². The number of carbonyl (C=O) groups is 3. The molecule has 0 bridgehead atoms. The van der Waals surface area contributed by atoms with Crippen LogP contribution in [0.4, 0.5) is 10.1 Å². The average Bonchev–Trinajstić information content (AvgIpc) is 3.39. The summed E-state index contributed by atoms with van der Waals surface area (Å²) in [6.07, 6.45) is 6.73. The molecule has 3 aromatic carbocycles. The molecule has 0 saturated carbocycles. The Balaban J connectivity index is 1.54. The van der Waals surface area contributed by atoms with Crippen LogP contribution >= 0.6 is 11.6 Å². The van der Waals surface area contributed by atoms with E-state index in [-0.39, 0.29) is 17.3 Å². The van der Waals surface area contributed by atoms with E-state index >= 15 is 0 Å². The molecule has 2 aliphatic heterocycles. The van der Waals surface area contributed by atoms with Crippen molar-refractivity contribution in [3.05, 3.63) is 136 Å². The predicted molar refractivity (Wildman–Crippen MR) is 146 cm³/mol. The number of fused-ring (bicyclic) bond motifs is 5. The lowest BCUT2D eigenvalue weighted by molar-refractivity contribution is 0.0666. The fourth-order valence-electron chi connectivity index (χ4n) is 6.67. The highest BCUT2D eigenvalue weighted by atomic mass is 35.5. The number of rotatable bonds is 3. The van der Waals surface area contributed by atoms with E-state index < -0.39 is 29.2 Å². The van der Waals surface area contributed by atoms with Crippen molar-refractivity contribution >= 4 is 40.7 Å². The fourth-order valence-corrected chi connectivity index (χ4v) is 6.79. The number of hydrogen-bond donors (Lipinski definition) is 0. The molecular formula is C32H20ClFN2O3. The first-order valence-electron chi connectivity index (χ1n) is 12.6. The molecule has 39 heavy (non-hydrogen) atoms. The van der Waals surface area contributed by atoms with E-state index in [1.165, 1.54) is 12.1 Å². The van der Waals surface area contributed by atoms with E-state index in [1.54, 1.807) is 91.3 Å². The molecule has 3 heterocycles. The zero-order valence-electron chi connectivity index (χ0n) is 20.4. The van der Waals surface area contributed by atoms with Crippen molar-refractivity contribution in [2.24, 2.45) is 5.41 Å². The van der Waals surface area contributed by atoms with Crippen LogP contribution in [-0.4, -0.2) is 34.4 Å². The zero-order valence-corrected chi connectivity index (χ0v) is 21.2. The Bertz CT molecular complexity index is 1680. The van der Waals surface area contributed by atoms with E-state index in [2.05, 4.69) is 4.98 Å². The van der Waals surface area contributed by atoms with E-state index in [0.29, 0.717) is 38.5 Å². The molecule has 0 N–H and O–H groups in total. The Morgan fingerprint density at radius 1 is 0.923 bits per heavy atom. The second kappa shape index (κ2) is 8.55. The Labute approximate surface area is 228 Å². The van der Waals surface area contributed by atoms with Crippen LogP contribution in [0.3, 0.4) is 0 Å². The first kappa shape index (κ1) is 23.7. The average molecular weight is 535 g/mol. The summed E-state index contributed by atoms with van der Waals surface area (Å²) in [5, 5.41) is 0.481.